The Morgan fingerprint density at radius 2 is 1.67 bits per heavy atom. The largest absolute Gasteiger partial charge is 0.497 e. The van der Waals surface area contributed by atoms with Crippen molar-refractivity contribution in [2.24, 2.45) is 7.05 Å². The minimum atomic E-state index is -2.76. The van der Waals surface area contributed by atoms with E-state index in [1.165, 1.54) is 0 Å². The van der Waals surface area contributed by atoms with Crippen molar-refractivity contribution in [2.45, 2.75) is 64.0 Å². The summed E-state index contributed by atoms with van der Waals surface area (Å²) in [4.78, 5) is 69.4. The molecule has 5 aromatic rings. The van der Waals surface area contributed by atoms with E-state index in [0.717, 1.165) is 28.0 Å². The number of benzene rings is 3. The van der Waals surface area contributed by atoms with E-state index in [-0.39, 0.29) is 41.1 Å². The normalized spacial score (nSPS) is 18.7. The average molecular weight is 790 g/mol. The van der Waals surface area contributed by atoms with Crippen LogP contribution in [0.3, 0.4) is 0 Å². The van der Waals surface area contributed by atoms with Gasteiger partial charge >= 0.3 is 0 Å². The number of halogens is 2. The predicted molar refractivity (Wildman–Crippen MR) is 212 cm³/mol. The van der Waals surface area contributed by atoms with Gasteiger partial charge < -0.3 is 19.1 Å². The van der Waals surface area contributed by atoms with Crippen LogP contribution in [0, 0.1) is 6.92 Å². The van der Waals surface area contributed by atoms with Crippen molar-refractivity contribution in [3.05, 3.63) is 99.1 Å². The molecule has 4 amide bonds. The minimum absolute atomic E-state index is 0.0389. The number of amides is 4. The summed E-state index contributed by atoms with van der Waals surface area (Å²) >= 11 is 0. The summed E-state index contributed by atoms with van der Waals surface area (Å²) in [5.41, 5.74) is 5.57. The number of nitrogens with one attached hydrogen (secondary N) is 1. The number of pyridine rings is 1. The summed E-state index contributed by atoms with van der Waals surface area (Å²) in [6.07, 6.45) is 3.61. The number of anilines is 3. The van der Waals surface area contributed by atoms with E-state index in [1.807, 2.05) is 35.1 Å². The molecule has 2 aromatic heterocycles. The fourth-order valence-electron chi connectivity index (χ4n) is 9.15. The molecule has 15 heteroatoms. The van der Waals surface area contributed by atoms with Crippen molar-refractivity contribution in [3.8, 4) is 16.9 Å². The number of imide groups is 2. The lowest BCUT2D eigenvalue weighted by molar-refractivity contribution is -0.136. The van der Waals surface area contributed by atoms with Crippen molar-refractivity contribution in [3.63, 3.8) is 0 Å². The van der Waals surface area contributed by atoms with Gasteiger partial charge in [-0.2, -0.15) is 5.10 Å². The highest BCUT2D eigenvalue weighted by Crippen LogP contribution is 2.44. The Morgan fingerprint density at radius 1 is 0.879 bits per heavy atom. The lowest BCUT2D eigenvalue weighted by Gasteiger charge is -2.34. The summed E-state index contributed by atoms with van der Waals surface area (Å²) in [5, 5.41) is 7.71. The molecule has 6 heterocycles. The highest BCUT2D eigenvalue weighted by Gasteiger charge is 2.46. The Hall–Kier alpha value is -6.38. The summed E-state index contributed by atoms with van der Waals surface area (Å²) in [6, 6.07) is 13.0. The number of rotatable bonds is 7. The van der Waals surface area contributed by atoms with E-state index >= 15 is 8.78 Å². The zero-order valence-corrected chi connectivity index (χ0v) is 32.3. The van der Waals surface area contributed by atoms with Crippen LogP contribution in [0.1, 0.15) is 82.0 Å². The van der Waals surface area contributed by atoms with E-state index in [9.17, 15) is 24.0 Å². The number of carbonyl (C=O) groups is 4. The summed E-state index contributed by atoms with van der Waals surface area (Å²) < 4.78 is 39.1. The first-order valence-corrected chi connectivity index (χ1v) is 19.5. The van der Waals surface area contributed by atoms with Crippen LogP contribution in [0.4, 0.5) is 25.8 Å². The molecule has 9 rings (SSSR count). The van der Waals surface area contributed by atoms with Crippen LogP contribution < -0.4 is 25.4 Å². The number of carbonyl (C=O) groups excluding carboxylic acids is 4. The molecule has 13 nitrogen and oxygen atoms in total. The third-order valence-electron chi connectivity index (χ3n) is 12.1. The molecule has 1 atom stereocenters. The van der Waals surface area contributed by atoms with Gasteiger partial charge in [-0.25, -0.2) is 8.78 Å². The predicted octanol–water partition coefficient (Wildman–Crippen LogP) is 5.98. The lowest BCUT2D eigenvalue weighted by Crippen LogP contribution is -2.54. The molecule has 1 N–H and O–H groups in total. The third kappa shape index (κ3) is 6.02. The molecule has 1 unspecified atom stereocenters. The van der Waals surface area contributed by atoms with Gasteiger partial charge in [0.1, 0.15) is 11.8 Å². The molecule has 4 aliphatic heterocycles. The van der Waals surface area contributed by atoms with Crippen molar-refractivity contribution in [1.29, 1.82) is 0 Å². The molecule has 0 saturated carbocycles. The van der Waals surface area contributed by atoms with Crippen molar-refractivity contribution >= 4 is 51.6 Å². The number of piperidine rings is 2. The number of hydrogen-bond acceptors (Lipinski definition) is 9. The van der Waals surface area contributed by atoms with E-state index in [1.54, 1.807) is 56.1 Å². The monoisotopic (exact) mass is 789 g/mol. The molecule has 2 fully saturated rings. The van der Waals surface area contributed by atoms with Crippen LogP contribution in [0.5, 0.6) is 5.75 Å². The number of alkyl halides is 2. The van der Waals surface area contributed by atoms with Gasteiger partial charge in [-0.05, 0) is 80.5 Å². The zero-order chi connectivity index (χ0) is 40.6. The zero-order valence-electron chi connectivity index (χ0n) is 32.3. The van der Waals surface area contributed by atoms with Crippen molar-refractivity contribution in [1.82, 2.24) is 24.6 Å². The van der Waals surface area contributed by atoms with Crippen molar-refractivity contribution in [2.75, 3.05) is 36.5 Å². The number of hydrogen-bond donors (Lipinski definition) is 1. The van der Waals surface area contributed by atoms with Crippen LogP contribution in [-0.4, -0.2) is 75.7 Å². The molecule has 58 heavy (non-hydrogen) atoms. The molecule has 2 saturated heterocycles. The van der Waals surface area contributed by atoms with Gasteiger partial charge in [0.25, 0.3) is 23.8 Å². The summed E-state index contributed by atoms with van der Waals surface area (Å²) in [5.74, 6) is -1.63. The Kier molecular flexibility index (Phi) is 9.12. The van der Waals surface area contributed by atoms with Crippen LogP contribution in [0.25, 0.3) is 22.0 Å². The Morgan fingerprint density at radius 3 is 2.41 bits per heavy atom. The Balaban J connectivity index is 0.970. The Labute approximate surface area is 331 Å². The van der Waals surface area contributed by atoms with Gasteiger partial charge in [0.2, 0.25) is 11.8 Å². The van der Waals surface area contributed by atoms with Crippen LogP contribution >= 0.6 is 0 Å². The average Bonchev–Trinajstić information content (AvgIpc) is 3.82. The van der Waals surface area contributed by atoms with E-state index < -0.39 is 36.1 Å². The second kappa shape index (κ2) is 14.2. The van der Waals surface area contributed by atoms with E-state index in [4.69, 9.17) is 4.74 Å². The maximum atomic E-state index is 15.0. The van der Waals surface area contributed by atoms with Gasteiger partial charge in [0, 0.05) is 79.2 Å². The van der Waals surface area contributed by atoms with Gasteiger partial charge in [0.05, 0.1) is 47.4 Å². The Bertz CT molecular complexity index is 2630. The van der Waals surface area contributed by atoms with Gasteiger partial charge in [-0.3, -0.25) is 38.9 Å². The number of ether oxygens (including phenoxy) is 1. The number of fused-ring (bicyclic) bond motifs is 3. The fourth-order valence-corrected chi connectivity index (χ4v) is 9.15. The second-order valence-corrected chi connectivity index (χ2v) is 15.5. The second-order valence-electron chi connectivity index (χ2n) is 15.5. The fraction of sp³-hybridized carbons (Fsp3) is 0.349. The smallest absolute Gasteiger partial charge is 0.264 e. The molecule has 0 radical (unpaired) electrons. The number of aryl methyl sites for hydroxylation is 3. The summed E-state index contributed by atoms with van der Waals surface area (Å²) in [7, 11) is 3.28. The maximum absolute atomic E-state index is 15.0. The highest BCUT2D eigenvalue weighted by molar-refractivity contribution is 6.25. The standard InChI is InChI=1S/C43H41F2N7O6/c1-23-16-31-35(48(2)41(23)55)18-27(58-3)19-36(31)50-13-5-6-24-17-29(30(39(44)45)20-34(24)50)25-21-46-51(22-25)26-11-14-49(15-12-26)32-8-4-7-28-38(32)43(57)52(42(28)56)33-9-10-37(53)47-40(33)54/h4,7-8,16-22,26,33,39H,5-6,9-15H2,1-3H3,(H,47,53,54). The highest BCUT2D eigenvalue weighted by atomic mass is 19.3. The third-order valence-corrected chi connectivity index (χ3v) is 12.1. The van der Waals surface area contributed by atoms with Crippen LogP contribution in [-0.2, 0) is 23.1 Å². The van der Waals surface area contributed by atoms with Gasteiger partial charge in [-0.1, -0.05) is 6.07 Å². The van der Waals surface area contributed by atoms with Crippen LogP contribution in [0.15, 0.2) is 65.7 Å². The molecular weight excluding hydrogens is 749 g/mol. The topological polar surface area (TPSA) is 139 Å². The molecule has 4 aliphatic rings. The molecule has 298 valence electrons. The van der Waals surface area contributed by atoms with Crippen molar-refractivity contribution < 1.29 is 32.7 Å². The lowest BCUT2D eigenvalue weighted by atomic mass is 9.92. The molecular formula is C43H41F2N7O6. The van der Waals surface area contributed by atoms with Gasteiger partial charge in [-0.15, -0.1) is 0 Å². The number of methoxy groups -OCH3 is 1. The minimum Gasteiger partial charge on any atom is -0.497 e. The summed E-state index contributed by atoms with van der Waals surface area (Å²) in [6.45, 7) is 3.45. The molecule has 0 bridgehead atoms. The molecule has 3 aromatic carbocycles. The van der Waals surface area contributed by atoms with E-state index in [0.29, 0.717) is 78.2 Å². The maximum Gasteiger partial charge on any atom is 0.264 e. The molecule has 0 spiro atoms. The first-order chi connectivity index (χ1) is 27.9. The van der Waals surface area contributed by atoms with E-state index in [2.05, 4.69) is 20.2 Å². The number of nitrogens with zero attached hydrogens (tertiary/aromatic N) is 6. The van der Waals surface area contributed by atoms with Crippen LogP contribution in [0.2, 0.25) is 0 Å². The first-order valence-electron chi connectivity index (χ1n) is 19.5. The molecule has 0 aliphatic carbocycles. The first kappa shape index (κ1) is 37.2. The van der Waals surface area contributed by atoms with Gasteiger partial charge in [0.15, 0.2) is 0 Å². The number of aromatic nitrogens is 3. The SMILES string of the molecule is COc1cc(N2CCCc3cc(-c4cnn(C5CCN(c6cccc7c6C(=O)N(C6CCC(=O)NC6=O)C7=O)CC5)c4)c(C(F)F)cc32)c2cc(C)c(=O)n(C)c2c1. The quantitative estimate of drug-likeness (QED) is 0.197.